The molecular weight excluding hydrogens is 255 g/mol. The second-order valence-electron chi connectivity index (χ2n) is 5.76. The van der Waals surface area contributed by atoms with E-state index in [1.54, 1.807) is 12.1 Å². The molecule has 1 fully saturated rings. The molecule has 1 heterocycles. The van der Waals surface area contributed by atoms with E-state index in [2.05, 4.69) is 5.32 Å². The first-order valence-electron chi connectivity index (χ1n) is 7.33. The van der Waals surface area contributed by atoms with Gasteiger partial charge in [-0.3, -0.25) is 4.79 Å². The molecule has 0 radical (unpaired) electrons. The van der Waals surface area contributed by atoms with Gasteiger partial charge < -0.3 is 10.2 Å². The number of nitrogens with zero attached hydrogens (tertiary/aromatic N) is 1. The average molecular weight is 278 g/mol. The normalized spacial score (nSPS) is 16.7. The zero-order valence-corrected chi connectivity index (χ0v) is 12.2. The van der Waals surface area contributed by atoms with Crippen molar-refractivity contribution in [2.45, 2.75) is 39.3 Å². The Morgan fingerprint density at radius 2 is 1.90 bits per heavy atom. The van der Waals surface area contributed by atoms with Gasteiger partial charge in [0, 0.05) is 31.6 Å². The Kier molecular flexibility index (Phi) is 5.12. The molecule has 0 unspecified atom stereocenters. The minimum Gasteiger partial charge on any atom is -0.342 e. The first-order valence-corrected chi connectivity index (χ1v) is 7.33. The van der Waals surface area contributed by atoms with Crippen LogP contribution in [0.5, 0.6) is 0 Å². The lowest BCUT2D eigenvalue weighted by Gasteiger charge is -2.33. The Balaban J connectivity index is 1.74. The summed E-state index contributed by atoms with van der Waals surface area (Å²) >= 11 is 0. The third-order valence-electron chi connectivity index (χ3n) is 3.81. The molecule has 1 aromatic carbocycles. The summed E-state index contributed by atoms with van der Waals surface area (Å²) in [7, 11) is 0. The second kappa shape index (κ2) is 6.84. The van der Waals surface area contributed by atoms with Crippen LogP contribution in [-0.4, -0.2) is 29.9 Å². The molecule has 1 amide bonds. The van der Waals surface area contributed by atoms with Crippen molar-refractivity contribution in [3.05, 3.63) is 35.6 Å². The van der Waals surface area contributed by atoms with E-state index in [0.29, 0.717) is 6.04 Å². The molecule has 0 spiro atoms. The van der Waals surface area contributed by atoms with Crippen LogP contribution in [0.2, 0.25) is 0 Å². The molecule has 0 aromatic heterocycles. The van der Waals surface area contributed by atoms with Crippen LogP contribution >= 0.6 is 0 Å². The van der Waals surface area contributed by atoms with E-state index in [1.807, 2.05) is 18.7 Å². The SMILES string of the molecule is CC(C)C(=O)N1CCC(NCc2ccc(F)cc2)CC1. The van der Waals surface area contributed by atoms with E-state index in [1.165, 1.54) is 12.1 Å². The highest BCUT2D eigenvalue weighted by molar-refractivity contribution is 5.78. The number of hydrogen-bond acceptors (Lipinski definition) is 2. The van der Waals surface area contributed by atoms with E-state index < -0.39 is 0 Å². The monoisotopic (exact) mass is 278 g/mol. The van der Waals surface area contributed by atoms with Gasteiger partial charge in [-0.25, -0.2) is 4.39 Å². The van der Waals surface area contributed by atoms with Crippen LogP contribution < -0.4 is 5.32 Å². The molecule has 0 atom stereocenters. The fourth-order valence-corrected chi connectivity index (χ4v) is 2.53. The zero-order valence-electron chi connectivity index (χ0n) is 12.2. The highest BCUT2D eigenvalue weighted by Crippen LogP contribution is 2.14. The molecule has 1 aliphatic heterocycles. The number of likely N-dealkylation sites (tertiary alicyclic amines) is 1. The third kappa shape index (κ3) is 4.04. The highest BCUT2D eigenvalue weighted by Gasteiger charge is 2.23. The number of benzene rings is 1. The van der Waals surface area contributed by atoms with Gasteiger partial charge in [-0.2, -0.15) is 0 Å². The van der Waals surface area contributed by atoms with Crippen molar-refractivity contribution in [1.29, 1.82) is 0 Å². The van der Waals surface area contributed by atoms with Gasteiger partial charge in [-0.05, 0) is 30.5 Å². The van der Waals surface area contributed by atoms with Crippen molar-refractivity contribution in [1.82, 2.24) is 10.2 Å². The maximum absolute atomic E-state index is 12.8. The Hall–Kier alpha value is -1.42. The minimum atomic E-state index is -0.200. The van der Waals surface area contributed by atoms with Gasteiger partial charge in [-0.15, -0.1) is 0 Å². The van der Waals surface area contributed by atoms with Gasteiger partial charge >= 0.3 is 0 Å². The molecule has 1 aromatic rings. The number of nitrogens with one attached hydrogen (secondary N) is 1. The van der Waals surface area contributed by atoms with Gasteiger partial charge in [0.15, 0.2) is 0 Å². The highest BCUT2D eigenvalue weighted by atomic mass is 19.1. The Bertz CT molecular complexity index is 436. The standard InChI is InChI=1S/C16H23FN2O/c1-12(2)16(20)19-9-7-15(8-10-19)18-11-13-3-5-14(17)6-4-13/h3-6,12,15,18H,7-11H2,1-2H3. The molecule has 110 valence electrons. The van der Waals surface area contributed by atoms with Crippen LogP contribution in [0.25, 0.3) is 0 Å². The van der Waals surface area contributed by atoms with E-state index >= 15 is 0 Å². The van der Waals surface area contributed by atoms with Crippen LogP contribution in [0.4, 0.5) is 4.39 Å². The van der Waals surface area contributed by atoms with Gasteiger partial charge in [0.2, 0.25) is 5.91 Å². The van der Waals surface area contributed by atoms with Crippen LogP contribution in [0, 0.1) is 11.7 Å². The summed E-state index contributed by atoms with van der Waals surface area (Å²) in [6.07, 6.45) is 1.97. The van der Waals surface area contributed by atoms with Crippen LogP contribution in [0.3, 0.4) is 0 Å². The van der Waals surface area contributed by atoms with E-state index in [4.69, 9.17) is 0 Å². The number of carbonyl (C=O) groups is 1. The fourth-order valence-electron chi connectivity index (χ4n) is 2.53. The quantitative estimate of drug-likeness (QED) is 0.918. The smallest absolute Gasteiger partial charge is 0.225 e. The van der Waals surface area contributed by atoms with E-state index in [0.717, 1.165) is 38.0 Å². The maximum Gasteiger partial charge on any atom is 0.225 e. The minimum absolute atomic E-state index is 0.0822. The summed E-state index contributed by atoms with van der Waals surface area (Å²) in [5.74, 6) is 0.134. The average Bonchev–Trinajstić information content (AvgIpc) is 2.46. The van der Waals surface area contributed by atoms with Crippen LogP contribution in [-0.2, 0) is 11.3 Å². The molecule has 1 N–H and O–H groups in total. The summed E-state index contributed by atoms with van der Waals surface area (Å²) in [6.45, 7) is 6.31. The number of piperidine rings is 1. The molecule has 0 bridgehead atoms. The Labute approximate surface area is 120 Å². The van der Waals surface area contributed by atoms with Crippen molar-refractivity contribution >= 4 is 5.91 Å². The zero-order chi connectivity index (χ0) is 14.5. The molecule has 0 saturated carbocycles. The molecular formula is C16H23FN2O. The number of carbonyl (C=O) groups excluding carboxylic acids is 1. The predicted octanol–water partition coefficient (Wildman–Crippen LogP) is 2.56. The van der Waals surface area contributed by atoms with Gasteiger partial charge in [0.1, 0.15) is 5.82 Å². The fraction of sp³-hybridized carbons (Fsp3) is 0.562. The van der Waals surface area contributed by atoms with Crippen LogP contribution in [0.15, 0.2) is 24.3 Å². The number of rotatable bonds is 4. The lowest BCUT2D eigenvalue weighted by Crippen LogP contribution is -2.45. The van der Waals surface area contributed by atoms with Crippen molar-refractivity contribution in [2.75, 3.05) is 13.1 Å². The van der Waals surface area contributed by atoms with Crippen molar-refractivity contribution in [3.63, 3.8) is 0 Å². The second-order valence-corrected chi connectivity index (χ2v) is 5.76. The Morgan fingerprint density at radius 1 is 1.30 bits per heavy atom. The molecule has 1 saturated heterocycles. The first kappa shape index (κ1) is 15.0. The topological polar surface area (TPSA) is 32.3 Å². The summed E-state index contributed by atoms with van der Waals surface area (Å²) in [6, 6.07) is 7.03. The van der Waals surface area contributed by atoms with Crippen molar-refractivity contribution < 1.29 is 9.18 Å². The first-order chi connectivity index (χ1) is 9.56. The third-order valence-corrected chi connectivity index (χ3v) is 3.81. The van der Waals surface area contributed by atoms with E-state index in [9.17, 15) is 9.18 Å². The lowest BCUT2D eigenvalue weighted by atomic mass is 10.0. The van der Waals surface area contributed by atoms with E-state index in [-0.39, 0.29) is 17.6 Å². The number of hydrogen-bond donors (Lipinski definition) is 1. The summed E-state index contributed by atoms with van der Waals surface area (Å²) < 4.78 is 12.8. The van der Waals surface area contributed by atoms with Crippen LogP contribution in [0.1, 0.15) is 32.3 Å². The molecule has 2 rings (SSSR count). The summed E-state index contributed by atoms with van der Waals surface area (Å²) in [5, 5.41) is 3.49. The molecule has 3 nitrogen and oxygen atoms in total. The summed E-state index contributed by atoms with van der Waals surface area (Å²) in [5.41, 5.74) is 1.09. The number of halogens is 1. The Morgan fingerprint density at radius 3 is 2.45 bits per heavy atom. The molecule has 20 heavy (non-hydrogen) atoms. The molecule has 4 heteroatoms. The largest absolute Gasteiger partial charge is 0.342 e. The predicted molar refractivity (Wildman–Crippen MR) is 77.7 cm³/mol. The number of amides is 1. The van der Waals surface area contributed by atoms with Crippen molar-refractivity contribution in [2.24, 2.45) is 5.92 Å². The van der Waals surface area contributed by atoms with Gasteiger partial charge in [-0.1, -0.05) is 26.0 Å². The summed E-state index contributed by atoms with van der Waals surface area (Å²) in [4.78, 5) is 13.8. The van der Waals surface area contributed by atoms with Gasteiger partial charge in [0.05, 0.1) is 0 Å². The molecule has 1 aliphatic rings. The maximum atomic E-state index is 12.8. The van der Waals surface area contributed by atoms with Gasteiger partial charge in [0.25, 0.3) is 0 Å². The van der Waals surface area contributed by atoms with Crippen molar-refractivity contribution in [3.8, 4) is 0 Å². The molecule has 0 aliphatic carbocycles. The lowest BCUT2D eigenvalue weighted by molar-refractivity contribution is -0.135.